The highest BCUT2D eigenvalue weighted by molar-refractivity contribution is 5.76. The van der Waals surface area contributed by atoms with Crippen LogP contribution in [0.1, 0.15) is 23.1 Å². The van der Waals surface area contributed by atoms with Gasteiger partial charge in [0.25, 0.3) is 0 Å². The predicted octanol–water partition coefficient (Wildman–Crippen LogP) is 3.78. The first-order valence-corrected chi connectivity index (χ1v) is 8.85. The molecule has 1 amide bonds. The number of benzene rings is 2. The molecule has 0 fully saturated rings. The molecule has 27 heavy (non-hydrogen) atoms. The van der Waals surface area contributed by atoms with Gasteiger partial charge in [0.2, 0.25) is 5.91 Å². The molecule has 1 N–H and O–H groups in total. The van der Waals surface area contributed by atoms with E-state index in [9.17, 15) is 4.79 Å². The Morgan fingerprint density at radius 1 is 1.19 bits per heavy atom. The molecule has 2 aromatic rings. The number of methoxy groups -OCH3 is 1. The van der Waals surface area contributed by atoms with Crippen molar-refractivity contribution in [3.63, 3.8) is 0 Å². The largest absolute Gasteiger partial charge is 0.493 e. The Kier molecular flexibility index (Phi) is 7.99. The predicted molar refractivity (Wildman–Crippen MR) is 109 cm³/mol. The quantitative estimate of drug-likeness (QED) is 0.690. The van der Waals surface area contributed by atoms with Crippen LogP contribution in [0.5, 0.6) is 11.5 Å². The number of ether oxygens (including phenoxy) is 2. The van der Waals surface area contributed by atoms with Crippen LogP contribution in [0.2, 0.25) is 0 Å². The molecule has 0 heterocycles. The van der Waals surface area contributed by atoms with E-state index in [1.54, 1.807) is 7.11 Å². The van der Waals surface area contributed by atoms with E-state index in [1.807, 2.05) is 30.4 Å². The van der Waals surface area contributed by atoms with Crippen molar-refractivity contribution >= 4 is 12.0 Å². The van der Waals surface area contributed by atoms with E-state index in [1.165, 1.54) is 5.56 Å². The number of carbonyl (C=O) groups excluding carboxylic acids is 1. The number of terminal acetylenes is 1. The van der Waals surface area contributed by atoms with Crippen molar-refractivity contribution < 1.29 is 14.3 Å². The Balaban J connectivity index is 1.78. The number of rotatable bonds is 9. The molecular formula is C23H25NO3. The van der Waals surface area contributed by atoms with Crippen molar-refractivity contribution in [2.75, 3.05) is 20.3 Å². The van der Waals surface area contributed by atoms with Crippen molar-refractivity contribution in [3.05, 3.63) is 65.2 Å². The minimum atomic E-state index is 0.00943. The summed E-state index contributed by atoms with van der Waals surface area (Å²) in [7, 11) is 1.58. The lowest BCUT2D eigenvalue weighted by Gasteiger charge is -2.10. The van der Waals surface area contributed by atoms with Crippen molar-refractivity contribution in [1.29, 1.82) is 0 Å². The second-order valence-corrected chi connectivity index (χ2v) is 6.10. The third-order valence-corrected chi connectivity index (χ3v) is 3.98. The number of nitrogens with one attached hydrogen (secondary N) is 1. The maximum atomic E-state index is 12.0. The summed E-state index contributed by atoms with van der Waals surface area (Å²) in [6, 6.07) is 13.8. The highest BCUT2D eigenvalue weighted by Crippen LogP contribution is 2.28. The normalized spacial score (nSPS) is 10.4. The lowest BCUT2D eigenvalue weighted by atomic mass is 10.1. The highest BCUT2D eigenvalue weighted by atomic mass is 16.5. The van der Waals surface area contributed by atoms with Crippen molar-refractivity contribution in [2.45, 2.75) is 19.8 Å². The number of hydrogen-bond donors (Lipinski definition) is 1. The molecular weight excluding hydrogens is 338 g/mol. The van der Waals surface area contributed by atoms with Crippen LogP contribution in [0.25, 0.3) is 6.08 Å². The minimum absolute atomic E-state index is 0.00943. The van der Waals surface area contributed by atoms with Gasteiger partial charge in [-0.2, -0.15) is 0 Å². The molecule has 0 atom stereocenters. The second-order valence-electron chi connectivity index (χ2n) is 6.10. The van der Waals surface area contributed by atoms with Crippen LogP contribution < -0.4 is 14.8 Å². The van der Waals surface area contributed by atoms with Gasteiger partial charge in [0.05, 0.1) is 7.11 Å². The Morgan fingerprint density at radius 3 is 2.67 bits per heavy atom. The number of carbonyl (C=O) groups is 1. The van der Waals surface area contributed by atoms with Gasteiger partial charge in [-0.3, -0.25) is 4.79 Å². The topological polar surface area (TPSA) is 47.6 Å². The van der Waals surface area contributed by atoms with Gasteiger partial charge in [-0.25, -0.2) is 0 Å². The molecule has 0 aromatic heterocycles. The standard InChI is InChI=1S/C23H25NO3/c1-4-16-27-21-13-11-20(17-22(21)26-3)12-14-23(25)24-15-5-6-19-9-7-18(2)8-10-19/h1,5-11,13,17H,12,14-16H2,2-3H3,(H,24,25). The zero-order chi connectivity index (χ0) is 19.5. The zero-order valence-corrected chi connectivity index (χ0v) is 15.8. The minimum Gasteiger partial charge on any atom is -0.493 e. The summed E-state index contributed by atoms with van der Waals surface area (Å²) in [4.78, 5) is 12.0. The number of aryl methyl sites for hydroxylation is 2. The summed E-state index contributed by atoms with van der Waals surface area (Å²) < 4.78 is 10.7. The molecule has 4 nitrogen and oxygen atoms in total. The second kappa shape index (κ2) is 10.7. The first-order valence-electron chi connectivity index (χ1n) is 8.85. The highest BCUT2D eigenvalue weighted by Gasteiger charge is 2.07. The third kappa shape index (κ3) is 6.91. The smallest absolute Gasteiger partial charge is 0.220 e. The van der Waals surface area contributed by atoms with Crippen molar-refractivity contribution in [1.82, 2.24) is 5.32 Å². The fourth-order valence-corrected chi connectivity index (χ4v) is 2.50. The lowest BCUT2D eigenvalue weighted by Crippen LogP contribution is -2.23. The fraction of sp³-hybridized carbons (Fsp3) is 0.261. The maximum absolute atomic E-state index is 12.0. The summed E-state index contributed by atoms with van der Waals surface area (Å²) in [6.07, 6.45) is 10.2. The Morgan fingerprint density at radius 2 is 1.96 bits per heavy atom. The molecule has 0 radical (unpaired) electrons. The maximum Gasteiger partial charge on any atom is 0.220 e. The van der Waals surface area contributed by atoms with Gasteiger partial charge >= 0.3 is 0 Å². The Bertz CT molecular complexity index is 817. The third-order valence-electron chi connectivity index (χ3n) is 3.98. The number of amides is 1. The zero-order valence-electron chi connectivity index (χ0n) is 15.8. The molecule has 0 saturated carbocycles. The summed E-state index contributed by atoms with van der Waals surface area (Å²) in [5, 5.41) is 2.90. The van der Waals surface area contributed by atoms with E-state index >= 15 is 0 Å². The molecule has 0 aliphatic carbocycles. The van der Waals surface area contributed by atoms with E-state index in [0.29, 0.717) is 30.9 Å². The molecule has 140 valence electrons. The average Bonchev–Trinajstić information content (AvgIpc) is 2.69. The molecule has 2 rings (SSSR count). The molecule has 0 unspecified atom stereocenters. The summed E-state index contributed by atoms with van der Waals surface area (Å²) >= 11 is 0. The summed E-state index contributed by atoms with van der Waals surface area (Å²) in [5.74, 6) is 3.65. The molecule has 0 spiro atoms. The van der Waals surface area contributed by atoms with Crippen LogP contribution in [0, 0.1) is 19.3 Å². The Labute approximate surface area is 161 Å². The summed E-state index contributed by atoms with van der Waals surface area (Å²) in [5.41, 5.74) is 3.35. The van der Waals surface area contributed by atoms with E-state index in [4.69, 9.17) is 15.9 Å². The van der Waals surface area contributed by atoms with E-state index < -0.39 is 0 Å². The van der Waals surface area contributed by atoms with Gasteiger partial charge < -0.3 is 14.8 Å². The van der Waals surface area contributed by atoms with Gasteiger partial charge in [-0.1, -0.05) is 54.0 Å². The molecule has 2 aromatic carbocycles. The van der Waals surface area contributed by atoms with E-state index in [-0.39, 0.29) is 12.5 Å². The van der Waals surface area contributed by atoms with E-state index in [2.05, 4.69) is 42.4 Å². The average molecular weight is 363 g/mol. The number of hydrogen-bond acceptors (Lipinski definition) is 3. The van der Waals surface area contributed by atoms with Gasteiger partial charge in [0, 0.05) is 13.0 Å². The SMILES string of the molecule is C#CCOc1ccc(CCC(=O)NCC=Cc2ccc(C)cc2)cc1OC. The van der Waals surface area contributed by atoms with Crippen molar-refractivity contribution in [3.8, 4) is 23.8 Å². The lowest BCUT2D eigenvalue weighted by molar-refractivity contribution is -0.120. The van der Waals surface area contributed by atoms with Crippen molar-refractivity contribution in [2.24, 2.45) is 0 Å². The molecule has 0 aliphatic rings. The van der Waals surface area contributed by atoms with Crippen LogP contribution in [-0.4, -0.2) is 26.2 Å². The molecule has 0 bridgehead atoms. The van der Waals surface area contributed by atoms with Gasteiger partial charge in [-0.05, 0) is 36.6 Å². The first-order chi connectivity index (χ1) is 13.1. The van der Waals surface area contributed by atoms with Gasteiger partial charge in [-0.15, -0.1) is 6.42 Å². The fourth-order valence-electron chi connectivity index (χ4n) is 2.50. The van der Waals surface area contributed by atoms with Gasteiger partial charge in [0.15, 0.2) is 11.5 Å². The molecule has 4 heteroatoms. The molecule has 0 aliphatic heterocycles. The first kappa shape index (κ1) is 20.1. The summed E-state index contributed by atoms with van der Waals surface area (Å²) in [6.45, 7) is 2.75. The molecule has 0 saturated heterocycles. The van der Waals surface area contributed by atoms with Crippen LogP contribution >= 0.6 is 0 Å². The monoisotopic (exact) mass is 363 g/mol. The van der Waals surface area contributed by atoms with Gasteiger partial charge in [0.1, 0.15) is 6.61 Å². The van der Waals surface area contributed by atoms with E-state index in [0.717, 1.165) is 11.1 Å². The van der Waals surface area contributed by atoms with Crippen LogP contribution in [0.15, 0.2) is 48.5 Å². The van der Waals surface area contributed by atoms with Crippen LogP contribution in [0.4, 0.5) is 0 Å². The Hall–Kier alpha value is -3.19. The van der Waals surface area contributed by atoms with Crippen LogP contribution in [-0.2, 0) is 11.2 Å². The van der Waals surface area contributed by atoms with Crippen LogP contribution in [0.3, 0.4) is 0 Å².